The maximum atomic E-state index is 11.1. The van der Waals surface area contributed by atoms with E-state index in [0.29, 0.717) is 5.56 Å². The van der Waals surface area contributed by atoms with Gasteiger partial charge in [0.1, 0.15) is 0 Å². The summed E-state index contributed by atoms with van der Waals surface area (Å²) in [5.41, 5.74) is 0.361. The van der Waals surface area contributed by atoms with Crippen LogP contribution < -0.4 is 5.14 Å². The molecular weight excluding hydrogens is 224 g/mol. The minimum absolute atomic E-state index is 0.0110. The summed E-state index contributed by atoms with van der Waals surface area (Å²) >= 11 is 5.62. The molecular formula is C8H7ClN2O2S. The van der Waals surface area contributed by atoms with Crippen molar-refractivity contribution in [1.82, 2.24) is 0 Å². The van der Waals surface area contributed by atoms with Crippen LogP contribution in [0.2, 0.25) is 5.02 Å². The van der Waals surface area contributed by atoms with Gasteiger partial charge in [-0.25, -0.2) is 13.6 Å². The molecule has 0 aliphatic rings. The zero-order chi connectivity index (χ0) is 10.8. The highest BCUT2D eigenvalue weighted by Crippen LogP contribution is 2.19. The third-order valence-electron chi connectivity index (χ3n) is 1.61. The number of hydrogen-bond acceptors (Lipinski definition) is 3. The van der Waals surface area contributed by atoms with Crippen LogP contribution in [0.15, 0.2) is 23.1 Å². The number of nitriles is 1. The Kier molecular flexibility index (Phi) is 3.11. The molecule has 0 saturated carbocycles. The van der Waals surface area contributed by atoms with Crippen LogP contribution >= 0.6 is 11.6 Å². The van der Waals surface area contributed by atoms with Crippen molar-refractivity contribution >= 4 is 21.6 Å². The minimum atomic E-state index is -3.81. The van der Waals surface area contributed by atoms with Crippen molar-refractivity contribution in [2.45, 2.75) is 11.3 Å². The first-order valence-corrected chi connectivity index (χ1v) is 5.56. The zero-order valence-corrected chi connectivity index (χ0v) is 8.64. The van der Waals surface area contributed by atoms with Gasteiger partial charge in [0, 0.05) is 5.02 Å². The van der Waals surface area contributed by atoms with Crippen LogP contribution in [0.5, 0.6) is 0 Å². The lowest BCUT2D eigenvalue weighted by atomic mass is 10.2. The highest BCUT2D eigenvalue weighted by atomic mass is 35.5. The van der Waals surface area contributed by atoms with Gasteiger partial charge in [-0.3, -0.25) is 0 Å². The van der Waals surface area contributed by atoms with Gasteiger partial charge in [0.2, 0.25) is 10.0 Å². The molecule has 14 heavy (non-hydrogen) atoms. The van der Waals surface area contributed by atoms with Crippen LogP contribution in [-0.2, 0) is 16.4 Å². The van der Waals surface area contributed by atoms with Crippen LogP contribution in [0.1, 0.15) is 5.56 Å². The van der Waals surface area contributed by atoms with E-state index in [0.717, 1.165) is 0 Å². The van der Waals surface area contributed by atoms with Crippen molar-refractivity contribution in [3.8, 4) is 6.07 Å². The fraction of sp³-hybridized carbons (Fsp3) is 0.125. The molecule has 0 unspecified atom stereocenters. The van der Waals surface area contributed by atoms with Gasteiger partial charge in [-0.2, -0.15) is 5.26 Å². The number of hydrogen-bond donors (Lipinski definition) is 1. The van der Waals surface area contributed by atoms with Gasteiger partial charge in [0.15, 0.2) is 0 Å². The zero-order valence-electron chi connectivity index (χ0n) is 7.07. The summed E-state index contributed by atoms with van der Waals surface area (Å²) in [7, 11) is -3.81. The van der Waals surface area contributed by atoms with E-state index < -0.39 is 10.0 Å². The van der Waals surface area contributed by atoms with E-state index in [9.17, 15) is 8.42 Å². The van der Waals surface area contributed by atoms with E-state index in [1.54, 1.807) is 0 Å². The fourth-order valence-electron chi connectivity index (χ4n) is 1.02. The predicted octanol–water partition coefficient (Wildman–Crippen LogP) is 1.05. The Balaban J connectivity index is 3.39. The fourth-order valence-corrected chi connectivity index (χ4v) is 2.06. The van der Waals surface area contributed by atoms with Gasteiger partial charge in [-0.1, -0.05) is 17.7 Å². The molecule has 0 heterocycles. The van der Waals surface area contributed by atoms with Crippen molar-refractivity contribution in [3.63, 3.8) is 0 Å². The predicted molar refractivity (Wildman–Crippen MR) is 52.1 cm³/mol. The topological polar surface area (TPSA) is 83.9 Å². The smallest absolute Gasteiger partial charge is 0.225 e. The highest BCUT2D eigenvalue weighted by molar-refractivity contribution is 7.89. The molecule has 0 fully saturated rings. The third kappa shape index (κ3) is 2.45. The van der Waals surface area contributed by atoms with Gasteiger partial charge >= 0.3 is 0 Å². The average Bonchev–Trinajstić information content (AvgIpc) is 2.07. The van der Waals surface area contributed by atoms with Crippen LogP contribution in [0, 0.1) is 11.3 Å². The second-order valence-corrected chi connectivity index (χ2v) is 4.60. The molecule has 0 aliphatic heterocycles. The first kappa shape index (κ1) is 11.0. The number of benzene rings is 1. The number of primary sulfonamides is 1. The third-order valence-corrected chi connectivity index (χ3v) is 2.83. The largest absolute Gasteiger partial charge is 0.238 e. The second kappa shape index (κ2) is 3.96. The van der Waals surface area contributed by atoms with E-state index in [4.69, 9.17) is 22.0 Å². The minimum Gasteiger partial charge on any atom is -0.225 e. The molecule has 0 radical (unpaired) electrons. The quantitative estimate of drug-likeness (QED) is 0.824. The lowest BCUT2D eigenvalue weighted by molar-refractivity contribution is 0.597. The summed E-state index contributed by atoms with van der Waals surface area (Å²) in [4.78, 5) is -0.0912. The normalized spacial score (nSPS) is 10.9. The van der Waals surface area contributed by atoms with Crippen molar-refractivity contribution in [2.24, 2.45) is 5.14 Å². The summed E-state index contributed by atoms with van der Waals surface area (Å²) in [5.74, 6) is 0. The summed E-state index contributed by atoms with van der Waals surface area (Å²) in [6.07, 6.45) is -0.0110. The maximum Gasteiger partial charge on any atom is 0.238 e. The Labute approximate surface area is 87.0 Å². The summed E-state index contributed by atoms with van der Waals surface area (Å²) in [5, 5.41) is 13.7. The molecule has 6 heteroatoms. The number of halogens is 1. The van der Waals surface area contributed by atoms with Crippen molar-refractivity contribution in [1.29, 1.82) is 5.26 Å². The summed E-state index contributed by atoms with van der Waals surface area (Å²) in [6, 6.07) is 6.09. The first-order chi connectivity index (χ1) is 6.45. The Morgan fingerprint density at radius 1 is 1.50 bits per heavy atom. The molecule has 4 nitrogen and oxygen atoms in total. The lowest BCUT2D eigenvalue weighted by Gasteiger charge is -2.04. The van der Waals surface area contributed by atoms with Gasteiger partial charge < -0.3 is 0 Å². The molecule has 1 rings (SSSR count). The van der Waals surface area contributed by atoms with E-state index in [1.807, 2.05) is 6.07 Å². The van der Waals surface area contributed by atoms with Crippen LogP contribution in [0.25, 0.3) is 0 Å². The average molecular weight is 231 g/mol. The number of nitrogens with zero attached hydrogens (tertiary/aromatic N) is 1. The van der Waals surface area contributed by atoms with E-state index >= 15 is 0 Å². The SMILES string of the molecule is N#CCc1ccc(Cl)cc1S(N)(=O)=O. The van der Waals surface area contributed by atoms with Crippen LogP contribution in [0.4, 0.5) is 0 Å². The van der Waals surface area contributed by atoms with Gasteiger partial charge in [-0.05, 0) is 17.7 Å². The molecule has 0 amide bonds. The molecule has 0 atom stereocenters. The summed E-state index contributed by atoms with van der Waals surface area (Å²) < 4.78 is 22.2. The van der Waals surface area contributed by atoms with Crippen LogP contribution in [-0.4, -0.2) is 8.42 Å². The van der Waals surface area contributed by atoms with Crippen molar-refractivity contribution in [2.75, 3.05) is 0 Å². The van der Waals surface area contributed by atoms with Crippen LogP contribution in [0.3, 0.4) is 0 Å². The lowest BCUT2D eigenvalue weighted by Crippen LogP contribution is -2.14. The van der Waals surface area contributed by atoms with E-state index in [1.165, 1.54) is 18.2 Å². The Morgan fingerprint density at radius 2 is 2.14 bits per heavy atom. The molecule has 0 bridgehead atoms. The van der Waals surface area contributed by atoms with Gasteiger partial charge in [0.05, 0.1) is 17.4 Å². The first-order valence-electron chi connectivity index (χ1n) is 3.63. The molecule has 2 N–H and O–H groups in total. The van der Waals surface area contributed by atoms with Crippen molar-refractivity contribution < 1.29 is 8.42 Å². The molecule has 74 valence electrons. The second-order valence-electron chi connectivity index (χ2n) is 2.63. The molecule has 0 spiro atoms. The standard InChI is InChI=1S/C8H7ClN2O2S/c9-7-2-1-6(3-4-10)8(5-7)14(11,12)13/h1-2,5H,3H2,(H2,11,12,13). The number of nitrogens with two attached hydrogens (primary N) is 1. The van der Waals surface area contributed by atoms with E-state index in [2.05, 4.69) is 0 Å². The van der Waals surface area contributed by atoms with E-state index in [-0.39, 0.29) is 16.3 Å². The Hall–Kier alpha value is -1.09. The molecule has 1 aromatic rings. The van der Waals surface area contributed by atoms with Gasteiger partial charge in [-0.15, -0.1) is 0 Å². The Morgan fingerprint density at radius 3 is 2.64 bits per heavy atom. The summed E-state index contributed by atoms with van der Waals surface area (Å²) in [6.45, 7) is 0. The number of rotatable bonds is 2. The van der Waals surface area contributed by atoms with Gasteiger partial charge in [0.25, 0.3) is 0 Å². The highest BCUT2D eigenvalue weighted by Gasteiger charge is 2.13. The monoisotopic (exact) mass is 230 g/mol. The molecule has 0 aromatic heterocycles. The maximum absolute atomic E-state index is 11.1. The molecule has 0 saturated heterocycles. The molecule has 1 aromatic carbocycles. The van der Waals surface area contributed by atoms with Crippen molar-refractivity contribution in [3.05, 3.63) is 28.8 Å². The Bertz CT molecular complexity index is 491. The number of sulfonamides is 1. The molecule has 0 aliphatic carbocycles.